The van der Waals surface area contributed by atoms with Gasteiger partial charge in [-0.15, -0.1) is 0 Å². The summed E-state index contributed by atoms with van der Waals surface area (Å²) in [5.74, 6) is 0.350. The van der Waals surface area contributed by atoms with Crippen LogP contribution in [-0.2, 0) is 16.1 Å². The number of nitrogens with one attached hydrogen (secondary N) is 1. The molecule has 1 N–H and O–H groups in total. The number of methoxy groups -OCH3 is 1. The monoisotopic (exact) mass is 389 g/mol. The Bertz CT molecular complexity index is 928. The summed E-state index contributed by atoms with van der Waals surface area (Å²) >= 11 is 0. The molecule has 0 aliphatic rings. The minimum absolute atomic E-state index is 0.256. The van der Waals surface area contributed by atoms with Crippen LogP contribution in [-0.4, -0.2) is 25.4 Å². The summed E-state index contributed by atoms with van der Waals surface area (Å²) < 4.78 is 11.2. The van der Waals surface area contributed by atoms with E-state index in [1.807, 2.05) is 48.5 Å². The molecule has 3 aromatic carbocycles. The molecule has 0 heterocycles. The van der Waals surface area contributed by atoms with E-state index in [2.05, 4.69) is 5.32 Å². The van der Waals surface area contributed by atoms with Crippen molar-refractivity contribution in [3.8, 4) is 5.75 Å². The van der Waals surface area contributed by atoms with Crippen molar-refractivity contribution in [3.05, 3.63) is 102 Å². The van der Waals surface area contributed by atoms with E-state index in [-0.39, 0.29) is 12.5 Å². The van der Waals surface area contributed by atoms with Gasteiger partial charge in [0.15, 0.2) is 6.29 Å². The molecule has 0 saturated heterocycles. The maximum absolute atomic E-state index is 12.8. The summed E-state index contributed by atoms with van der Waals surface area (Å²) in [5.41, 5.74) is 2.17. The molecule has 2 atom stereocenters. The molecule has 3 aromatic rings. The fourth-order valence-electron chi connectivity index (χ4n) is 2.98. The van der Waals surface area contributed by atoms with Crippen molar-refractivity contribution in [1.29, 1.82) is 0 Å². The number of carbonyl (C=O) groups excluding carboxylic acids is 2. The van der Waals surface area contributed by atoms with Crippen LogP contribution in [0.1, 0.15) is 27.5 Å². The number of benzene rings is 3. The molecule has 5 heteroatoms. The Kier molecular flexibility index (Phi) is 7.14. The summed E-state index contributed by atoms with van der Waals surface area (Å²) in [7, 11) is 1.57. The van der Waals surface area contributed by atoms with Gasteiger partial charge in [0.2, 0.25) is 0 Å². The predicted molar refractivity (Wildman–Crippen MR) is 111 cm³/mol. The molecule has 0 radical (unpaired) electrons. The van der Waals surface area contributed by atoms with Crippen LogP contribution in [0.2, 0.25) is 0 Å². The van der Waals surface area contributed by atoms with E-state index in [9.17, 15) is 9.59 Å². The highest BCUT2D eigenvalue weighted by atomic mass is 16.5. The summed E-state index contributed by atoms with van der Waals surface area (Å²) in [5, 5.41) is 2.94. The first-order valence-corrected chi connectivity index (χ1v) is 9.32. The Balaban J connectivity index is 1.85. The van der Waals surface area contributed by atoms with Crippen LogP contribution < -0.4 is 10.1 Å². The van der Waals surface area contributed by atoms with Crippen LogP contribution in [0.4, 0.5) is 0 Å². The zero-order valence-corrected chi connectivity index (χ0v) is 16.2. The lowest BCUT2D eigenvalue weighted by molar-refractivity contribution is -0.120. The summed E-state index contributed by atoms with van der Waals surface area (Å²) in [6, 6.07) is 25.0. The van der Waals surface area contributed by atoms with Gasteiger partial charge in [-0.1, -0.05) is 60.7 Å². The molecule has 0 aromatic heterocycles. The van der Waals surface area contributed by atoms with Gasteiger partial charge in [0.1, 0.15) is 11.9 Å². The molecule has 0 fully saturated rings. The molecule has 1 amide bonds. The first kappa shape index (κ1) is 20.3. The highest BCUT2D eigenvalue weighted by molar-refractivity contribution is 5.94. The number of hydrogen-bond acceptors (Lipinski definition) is 4. The van der Waals surface area contributed by atoms with Gasteiger partial charge in [-0.25, -0.2) is 0 Å². The van der Waals surface area contributed by atoms with Gasteiger partial charge >= 0.3 is 0 Å². The van der Waals surface area contributed by atoms with Crippen LogP contribution >= 0.6 is 0 Å². The van der Waals surface area contributed by atoms with Crippen LogP contribution in [0.3, 0.4) is 0 Å². The van der Waals surface area contributed by atoms with Crippen molar-refractivity contribution < 1.29 is 19.1 Å². The van der Waals surface area contributed by atoms with Crippen molar-refractivity contribution in [2.24, 2.45) is 0 Å². The molecule has 0 bridgehead atoms. The molecule has 0 aliphatic heterocycles. The molecule has 0 unspecified atom stereocenters. The minimum Gasteiger partial charge on any atom is -0.497 e. The van der Waals surface area contributed by atoms with E-state index in [1.54, 1.807) is 43.5 Å². The largest absolute Gasteiger partial charge is 0.497 e. The summed E-state index contributed by atoms with van der Waals surface area (Å²) in [6.07, 6.45) is -0.145. The fourth-order valence-corrected chi connectivity index (χ4v) is 2.98. The highest BCUT2D eigenvalue weighted by Crippen LogP contribution is 2.24. The van der Waals surface area contributed by atoms with Gasteiger partial charge in [-0.2, -0.15) is 0 Å². The average molecular weight is 389 g/mol. The molecule has 3 rings (SSSR count). The number of rotatable bonds is 9. The quantitative estimate of drug-likeness (QED) is 0.563. The zero-order valence-electron chi connectivity index (χ0n) is 16.2. The van der Waals surface area contributed by atoms with E-state index in [4.69, 9.17) is 9.47 Å². The van der Waals surface area contributed by atoms with Gasteiger partial charge in [-0.3, -0.25) is 4.79 Å². The molecule has 0 spiro atoms. The van der Waals surface area contributed by atoms with Gasteiger partial charge in [-0.05, 0) is 35.4 Å². The molecule has 5 nitrogen and oxygen atoms in total. The van der Waals surface area contributed by atoms with E-state index in [0.717, 1.165) is 17.4 Å². The molecule has 0 aliphatic carbocycles. The number of carbonyl (C=O) groups is 2. The maximum Gasteiger partial charge on any atom is 0.251 e. The van der Waals surface area contributed by atoms with Gasteiger partial charge in [0.05, 0.1) is 19.8 Å². The van der Waals surface area contributed by atoms with Crippen LogP contribution in [0.5, 0.6) is 5.75 Å². The van der Waals surface area contributed by atoms with Crippen molar-refractivity contribution in [1.82, 2.24) is 5.32 Å². The molecular weight excluding hydrogens is 366 g/mol. The summed E-state index contributed by atoms with van der Waals surface area (Å²) in [4.78, 5) is 24.7. The van der Waals surface area contributed by atoms with Crippen molar-refractivity contribution in [2.75, 3.05) is 7.11 Å². The molecule has 148 valence electrons. The number of amides is 1. The lowest BCUT2D eigenvalue weighted by atomic mass is 10.0. The van der Waals surface area contributed by atoms with E-state index in [1.165, 1.54) is 0 Å². The average Bonchev–Trinajstić information content (AvgIpc) is 2.79. The topological polar surface area (TPSA) is 64.6 Å². The van der Waals surface area contributed by atoms with Crippen LogP contribution in [0.25, 0.3) is 0 Å². The Morgan fingerprint density at radius 3 is 2.31 bits per heavy atom. The number of hydrogen-bond donors (Lipinski definition) is 1. The third-order valence-corrected chi connectivity index (χ3v) is 4.52. The third kappa shape index (κ3) is 5.53. The molecule has 0 saturated carbocycles. The van der Waals surface area contributed by atoms with Crippen molar-refractivity contribution in [2.45, 2.75) is 18.8 Å². The maximum atomic E-state index is 12.8. The first-order chi connectivity index (χ1) is 14.2. The SMILES string of the molecule is COc1cccc([C@H](NC(=O)c2ccccc2)[C@H](C=O)OCc2ccccc2)c1. The fraction of sp³-hybridized carbons (Fsp3) is 0.167. The summed E-state index contributed by atoms with van der Waals surface area (Å²) in [6.45, 7) is 0.256. The second-order valence-electron chi connectivity index (χ2n) is 6.49. The normalized spacial score (nSPS) is 12.6. The van der Waals surface area contributed by atoms with Crippen molar-refractivity contribution >= 4 is 12.2 Å². The standard InChI is InChI=1S/C24H23NO4/c1-28-21-14-8-13-20(15-21)23(25-24(27)19-11-6-3-7-12-19)22(16-26)29-17-18-9-4-2-5-10-18/h2-16,22-23H,17H2,1H3,(H,25,27)/t22-,23-/m0/s1. The van der Waals surface area contributed by atoms with Gasteiger partial charge in [0, 0.05) is 5.56 Å². The van der Waals surface area contributed by atoms with Crippen LogP contribution in [0, 0.1) is 0 Å². The van der Waals surface area contributed by atoms with Gasteiger partial charge < -0.3 is 19.6 Å². The molecule has 29 heavy (non-hydrogen) atoms. The number of aldehydes is 1. The lowest BCUT2D eigenvalue weighted by Gasteiger charge is -2.25. The Morgan fingerprint density at radius 1 is 0.966 bits per heavy atom. The Hall–Kier alpha value is -3.44. The van der Waals surface area contributed by atoms with Crippen molar-refractivity contribution in [3.63, 3.8) is 0 Å². The van der Waals surface area contributed by atoms with Gasteiger partial charge in [0.25, 0.3) is 5.91 Å². The predicted octanol–water partition coefficient (Wildman–Crippen LogP) is 3.95. The minimum atomic E-state index is -0.866. The molecular formula is C24H23NO4. The Labute approximate surface area is 170 Å². The first-order valence-electron chi connectivity index (χ1n) is 9.32. The van der Waals surface area contributed by atoms with E-state index < -0.39 is 12.1 Å². The third-order valence-electron chi connectivity index (χ3n) is 4.52. The highest BCUT2D eigenvalue weighted by Gasteiger charge is 2.26. The second-order valence-corrected chi connectivity index (χ2v) is 6.49. The zero-order chi connectivity index (χ0) is 20.5. The van der Waals surface area contributed by atoms with E-state index in [0.29, 0.717) is 11.3 Å². The van der Waals surface area contributed by atoms with Crippen LogP contribution in [0.15, 0.2) is 84.9 Å². The number of ether oxygens (including phenoxy) is 2. The lowest BCUT2D eigenvalue weighted by Crippen LogP contribution is -2.38. The smallest absolute Gasteiger partial charge is 0.251 e. The Morgan fingerprint density at radius 2 is 1.66 bits per heavy atom. The van der Waals surface area contributed by atoms with E-state index >= 15 is 0 Å². The second kappa shape index (κ2) is 10.2.